The van der Waals surface area contributed by atoms with Crippen molar-refractivity contribution in [2.75, 3.05) is 51.5 Å². The summed E-state index contributed by atoms with van der Waals surface area (Å²) in [5, 5.41) is 5.36. The summed E-state index contributed by atoms with van der Waals surface area (Å²) in [7, 11) is 6.10. The van der Waals surface area contributed by atoms with Crippen molar-refractivity contribution < 1.29 is 47.6 Å². The molecule has 0 bridgehead atoms. The molecule has 7 aromatic rings. The number of nitrogens with zero attached hydrogens (tertiary/aromatic N) is 2. The summed E-state index contributed by atoms with van der Waals surface area (Å²) < 4.78 is 37.0. The summed E-state index contributed by atoms with van der Waals surface area (Å²) in [6.45, 7) is 5.41. The minimum absolute atomic E-state index is 0.275. The molecule has 0 spiro atoms. The van der Waals surface area contributed by atoms with Gasteiger partial charge in [-0.25, -0.2) is 9.80 Å². The van der Waals surface area contributed by atoms with E-state index < -0.39 is 23.6 Å². The highest BCUT2D eigenvalue weighted by atomic mass is 79.9. The Labute approximate surface area is 474 Å². The Bertz CT molecular complexity index is 3100. The van der Waals surface area contributed by atoms with Crippen LogP contribution in [-0.2, 0) is 0 Å². The molecule has 2 aliphatic rings. The largest absolute Gasteiger partial charge is 0.493 e. The number of carbonyl (C=O) groups excluding carboxylic acids is 4. The predicted octanol–water partition coefficient (Wildman–Crippen LogP) is 17.5. The van der Waals surface area contributed by atoms with Gasteiger partial charge in [0.15, 0.2) is 23.0 Å². The van der Waals surface area contributed by atoms with Crippen LogP contribution >= 0.6 is 31.9 Å². The maximum Gasteiger partial charge on any atom is 0.266 e. The first-order valence-electron chi connectivity index (χ1n) is 28.2. The first-order chi connectivity index (χ1) is 38.0. The van der Waals surface area contributed by atoms with Crippen molar-refractivity contribution in [3.05, 3.63) is 91.9 Å². The number of hydrogen-bond donors (Lipinski definition) is 0. The molecule has 0 saturated carbocycles. The number of rotatable bonds is 30. The average Bonchev–Trinajstić information content (AvgIpc) is 2.79. The first-order valence-corrected chi connectivity index (χ1v) is 29.8. The Kier molecular flexibility index (Phi) is 18.7. The quantitative estimate of drug-likeness (QED) is 0.0186. The fourth-order valence-corrected chi connectivity index (χ4v) is 12.9. The van der Waals surface area contributed by atoms with Gasteiger partial charge in [0.05, 0.1) is 64.2 Å². The van der Waals surface area contributed by atoms with Gasteiger partial charge in [0.1, 0.15) is 0 Å². The molecule has 2 aliphatic heterocycles. The Hall–Kier alpha value is -6.12. The van der Waals surface area contributed by atoms with E-state index in [4.69, 9.17) is 28.4 Å². The molecule has 0 radical (unpaired) electrons. The Morgan fingerprint density at radius 2 is 0.654 bits per heavy atom. The van der Waals surface area contributed by atoms with Crippen molar-refractivity contribution in [1.29, 1.82) is 0 Å². The zero-order valence-electron chi connectivity index (χ0n) is 46.1. The summed E-state index contributed by atoms with van der Waals surface area (Å²) in [6.07, 6.45) is 24.1. The van der Waals surface area contributed by atoms with Crippen LogP contribution in [0.3, 0.4) is 0 Å². The van der Waals surface area contributed by atoms with Crippen LogP contribution in [0.1, 0.15) is 184 Å². The van der Waals surface area contributed by atoms with Crippen molar-refractivity contribution in [2.45, 2.75) is 142 Å². The summed E-state index contributed by atoms with van der Waals surface area (Å²) in [4.78, 5) is 61.9. The van der Waals surface area contributed by atoms with E-state index in [9.17, 15) is 19.2 Å². The maximum absolute atomic E-state index is 14.9. The number of carbonyl (C=O) groups is 4. The van der Waals surface area contributed by atoms with E-state index in [1.165, 1.54) is 118 Å². The molecule has 0 saturated heterocycles. The fraction of sp³-hybridized carbons (Fsp3) is 0.438. The predicted molar refractivity (Wildman–Crippen MR) is 319 cm³/mol. The number of ether oxygens (including phenoxy) is 6. The Morgan fingerprint density at radius 3 is 0.962 bits per heavy atom. The lowest BCUT2D eigenvalue weighted by atomic mass is 9.82. The molecule has 0 atom stereocenters. The summed E-state index contributed by atoms with van der Waals surface area (Å²) in [5.41, 5.74) is 1.87. The second-order valence-electron chi connectivity index (χ2n) is 20.7. The minimum atomic E-state index is -0.520. The topological polar surface area (TPSA) is 130 Å². The van der Waals surface area contributed by atoms with Gasteiger partial charge in [0, 0.05) is 76.7 Å². The first kappa shape index (κ1) is 56.6. The molecule has 0 aliphatic carbocycles. The van der Waals surface area contributed by atoms with E-state index in [0.29, 0.717) is 100 Å². The third-order valence-corrected chi connectivity index (χ3v) is 16.9. The molecule has 0 unspecified atom stereocenters. The van der Waals surface area contributed by atoms with Crippen molar-refractivity contribution >= 4 is 110 Å². The SMILES string of the molecule is CCCCCCCCCCCCOc1c(OC)cc(N2C(=O)c3ccc4c5c(Br)cc6c7c(ccc(c8c(Br)cc(c3c48)C2=O)c75)C(=O)N(c2cc(OC)c(OCCCCCCCCCCCC)c(OC)c2)C6=O)cc1OC. The molecule has 0 aromatic heterocycles. The van der Waals surface area contributed by atoms with Crippen LogP contribution in [0.25, 0.3) is 43.1 Å². The molecular formula is C64H72Br2N2O10. The third kappa shape index (κ3) is 11.0. The minimum Gasteiger partial charge on any atom is -0.493 e. The number of halogens is 2. The maximum atomic E-state index is 14.9. The standard InChI is InChI=1S/C64H72Br2N2O10/c1-7-9-11-13-15-17-19-21-23-25-31-77-59-49(73-3)33-39(34-50(59)74-4)67-61(69)43-29-27-41-56-48(66)38-46-54-44(30-28-42(58(54)56)55-47(65)37-45(63(67)71)53(43)57(41)55)62(70)68(64(46)72)40-35-51(75-5)60(52(36-40)76-6)78-32-26-24-22-20-18-16-14-12-10-8-2/h27-30,33-38H,7-26,31-32H2,1-6H3. The number of unbranched alkanes of at least 4 members (excludes halogenated alkanes) is 18. The molecule has 78 heavy (non-hydrogen) atoms. The van der Waals surface area contributed by atoms with E-state index in [-0.39, 0.29) is 11.4 Å². The summed E-state index contributed by atoms with van der Waals surface area (Å²) >= 11 is 7.72. The van der Waals surface area contributed by atoms with Crippen LogP contribution in [0.2, 0.25) is 0 Å². The van der Waals surface area contributed by atoms with Crippen molar-refractivity contribution in [3.63, 3.8) is 0 Å². The van der Waals surface area contributed by atoms with Gasteiger partial charge in [0.2, 0.25) is 11.5 Å². The Balaban J connectivity index is 0.985. The van der Waals surface area contributed by atoms with E-state index in [1.54, 1.807) is 48.5 Å². The Morgan fingerprint density at radius 1 is 0.359 bits per heavy atom. The highest BCUT2D eigenvalue weighted by Gasteiger charge is 2.40. The van der Waals surface area contributed by atoms with Gasteiger partial charge >= 0.3 is 0 Å². The third-order valence-electron chi connectivity index (χ3n) is 15.6. The van der Waals surface area contributed by atoms with E-state index in [2.05, 4.69) is 45.7 Å². The molecule has 12 nitrogen and oxygen atoms in total. The molecule has 0 fully saturated rings. The van der Waals surface area contributed by atoms with Crippen molar-refractivity contribution in [3.8, 4) is 34.5 Å². The van der Waals surface area contributed by atoms with Gasteiger partial charge in [-0.15, -0.1) is 0 Å². The summed E-state index contributed by atoms with van der Waals surface area (Å²) in [5.74, 6) is 0.122. The molecule has 2 heterocycles. The molecule has 412 valence electrons. The smallest absolute Gasteiger partial charge is 0.266 e. The number of amides is 4. The van der Waals surface area contributed by atoms with E-state index in [1.807, 2.05) is 12.1 Å². The molecule has 14 heteroatoms. The average molecular weight is 1190 g/mol. The number of anilines is 2. The van der Waals surface area contributed by atoms with Crippen molar-refractivity contribution in [2.24, 2.45) is 0 Å². The van der Waals surface area contributed by atoms with Gasteiger partial charge in [-0.2, -0.15) is 0 Å². The molecule has 4 amide bonds. The molecule has 7 aromatic carbocycles. The molecule has 9 rings (SSSR count). The lowest BCUT2D eigenvalue weighted by Crippen LogP contribution is -2.40. The lowest BCUT2D eigenvalue weighted by Gasteiger charge is -2.31. The van der Waals surface area contributed by atoms with Crippen LogP contribution in [0, 0.1) is 0 Å². The normalized spacial score (nSPS) is 13.3. The fourth-order valence-electron chi connectivity index (χ4n) is 11.6. The van der Waals surface area contributed by atoms with Crippen LogP contribution < -0.4 is 38.2 Å². The highest BCUT2D eigenvalue weighted by molar-refractivity contribution is 9.11. The van der Waals surface area contributed by atoms with Crippen LogP contribution in [0.5, 0.6) is 34.5 Å². The van der Waals surface area contributed by atoms with Gasteiger partial charge < -0.3 is 28.4 Å². The van der Waals surface area contributed by atoms with E-state index in [0.717, 1.165) is 69.9 Å². The zero-order chi connectivity index (χ0) is 55.0. The van der Waals surface area contributed by atoms with Crippen LogP contribution in [0.15, 0.2) is 69.6 Å². The second kappa shape index (κ2) is 25.8. The zero-order valence-corrected chi connectivity index (χ0v) is 49.2. The number of imide groups is 2. The second-order valence-corrected chi connectivity index (χ2v) is 22.4. The van der Waals surface area contributed by atoms with Crippen LogP contribution in [-0.4, -0.2) is 65.3 Å². The molecule has 0 N–H and O–H groups in total. The number of fused-ring (bicyclic) bond motifs is 2. The van der Waals surface area contributed by atoms with Gasteiger partial charge in [0.25, 0.3) is 23.6 Å². The number of benzene rings is 7. The van der Waals surface area contributed by atoms with Gasteiger partial charge in [-0.3, -0.25) is 19.2 Å². The van der Waals surface area contributed by atoms with Crippen LogP contribution in [0.4, 0.5) is 11.4 Å². The van der Waals surface area contributed by atoms with Crippen molar-refractivity contribution in [1.82, 2.24) is 0 Å². The van der Waals surface area contributed by atoms with Gasteiger partial charge in [-0.1, -0.05) is 173 Å². The molecular weight excluding hydrogens is 1120 g/mol. The highest BCUT2D eigenvalue weighted by Crippen LogP contribution is 2.52. The lowest BCUT2D eigenvalue weighted by molar-refractivity contribution is 0.0877. The number of methoxy groups -OCH3 is 4. The van der Waals surface area contributed by atoms with Gasteiger partial charge in [-0.05, 0) is 47.9 Å². The monoisotopic (exact) mass is 1190 g/mol. The summed E-state index contributed by atoms with van der Waals surface area (Å²) in [6, 6.07) is 17.3. The van der Waals surface area contributed by atoms with E-state index >= 15 is 0 Å². The number of hydrogen-bond acceptors (Lipinski definition) is 10.